The van der Waals surface area contributed by atoms with E-state index in [-0.39, 0.29) is 5.91 Å². The smallest absolute Gasteiger partial charge is 0.217 e. The molecule has 0 atom stereocenters. The van der Waals surface area contributed by atoms with Crippen LogP contribution >= 0.6 is 46.4 Å². The summed E-state index contributed by atoms with van der Waals surface area (Å²) in [5.41, 5.74) is 7.81. The Bertz CT molecular complexity index is 2260. The second-order valence-corrected chi connectivity index (χ2v) is 14.5. The van der Waals surface area contributed by atoms with E-state index < -0.39 is 0 Å². The molecule has 6 aromatic rings. The van der Waals surface area contributed by atoms with E-state index in [4.69, 9.17) is 55.9 Å². The zero-order valence-corrected chi connectivity index (χ0v) is 32.4. The maximum Gasteiger partial charge on any atom is 0.217 e. The number of nitrogens with one attached hydrogen (secondary N) is 1. The fraction of sp³-hybridized carbons (Fsp3) is 0.308. The summed E-state index contributed by atoms with van der Waals surface area (Å²) < 4.78 is 15.1. The van der Waals surface area contributed by atoms with Gasteiger partial charge in [0, 0.05) is 94.4 Å². The number of imidazole rings is 2. The summed E-state index contributed by atoms with van der Waals surface area (Å²) in [6.45, 7) is 10.3. The molecule has 53 heavy (non-hydrogen) atoms. The Balaban J connectivity index is 0.000000165. The third-order valence-corrected chi connectivity index (χ3v) is 10.5. The number of hydrogen-bond donors (Lipinski definition) is 1. The number of aryl methyl sites for hydroxylation is 1. The molecule has 0 aliphatic carbocycles. The highest BCUT2D eigenvalue weighted by atomic mass is 35.5. The van der Waals surface area contributed by atoms with Crippen molar-refractivity contribution in [2.45, 2.75) is 26.8 Å². The summed E-state index contributed by atoms with van der Waals surface area (Å²) in [7, 11) is 0. The number of carbonyl (C=O) groups excluding carboxylic acids is 1. The van der Waals surface area contributed by atoms with Crippen molar-refractivity contribution in [2.75, 3.05) is 62.4 Å². The molecular formula is C39H39Cl4N7O3. The van der Waals surface area contributed by atoms with Crippen molar-refractivity contribution in [2.24, 2.45) is 0 Å². The Hall–Kier alpha value is -4.03. The number of halogens is 4. The lowest BCUT2D eigenvalue weighted by Gasteiger charge is -2.28. The van der Waals surface area contributed by atoms with Crippen LogP contribution in [0.15, 0.2) is 73.3 Å². The van der Waals surface area contributed by atoms with Gasteiger partial charge in [0.2, 0.25) is 5.91 Å². The first-order valence-corrected chi connectivity index (χ1v) is 19.0. The van der Waals surface area contributed by atoms with Gasteiger partial charge in [-0.15, -0.1) is 0 Å². The molecule has 6 heterocycles. The lowest BCUT2D eigenvalue weighted by molar-refractivity contribution is -0.119. The van der Waals surface area contributed by atoms with Gasteiger partial charge in [0.25, 0.3) is 0 Å². The predicted octanol–water partition coefficient (Wildman–Crippen LogP) is 8.49. The Morgan fingerprint density at radius 3 is 1.57 bits per heavy atom. The normalized spacial score (nSPS) is 14.8. The van der Waals surface area contributed by atoms with E-state index in [0.29, 0.717) is 39.8 Å². The molecule has 0 radical (unpaired) electrons. The van der Waals surface area contributed by atoms with Crippen molar-refractivity contribution in [1.82, 2.24) is 24.1 Å². The summed E-state index contributed by atoms with van der Waals surface area (Å²) in [6.07, 6.45) is 8.88. The van der Waals surface area contributed by atoms with Crippen molar-refractivity contribution in [3.05, 3.63) is 105 Å². The molecule has 10 nitrogen and oxygen atoms in total. The fourth-order valence-corrected chi connectivity index (χ4v) is 7.73. The molecule has 0 unspecified atom stereocenters. The lowest BCUT2D eigenvalue weighted by Crippen LogP contribution is -2.36. The van der Waals surface area contributed by atoms with Gasteiger partial charge in [-0.3, -0.25) is 13.6 Å². The molecule has 276 valence electrons. The van der Waals surface area contributed by atoms with Crippen molar-refractivity contribution >= 4 is 75.2 Å². The number of benzene rings is 2. The largest absolute Gasteiger partial charge is 0.378 e. The van der Waals surface area contributed by atoms with Crippen LogP contribution in [-0.4, -0.2) is 77.3 Å². The fourth-order valence-electron chi connectivity index (χ4n) is 6.71. The van der Waals surface area contributed by atoms with E-state index in [1.807, 2.05) is 48.9 Å². The SMILES string of the molecule is CC(=O)NCc1cc2ncc(N3CCOCC3)n2cc1-c1ccc(Cl)cc1Cl.CCc1cc2ncc(N3CCOCC3)n2cc1-c1ccc(Cl)cc1Cl. The standard InChI is InChI=1S/C20H20Cl2N4O2.C19H19Cl2N3O/c1-13(27)23-10-14-8-19-24-11-20(25-4-6-28-7-5-25)26(19)12-17(14)16-3-2-15(21)9-18(16)22;1-2-13-9-18-22-11-19(23-5-7-25-8-6-23)24(18)12-16(13)15-4-3-14(20)10-17(15)21/h2-3,8-9,11-12H,4-7,10H2,1H3,(H,23,27);3-4,9-12H,2,5-8H2,1H3. The molecular weight excluding hydrogens is 756 g/mol. The number of aromatic nitrogens is 4. The first kappa shape index (κ1) is 37.3. The minimum atomic E-state index is -0.0922. The number of amides is 1. The minimum absolute atomic E-state index is 0.0922. The van der Waals surface area contributed by atoms with E-state index in [1.165, 1.54) is 12.5 Å². The number of morpholine rings is 2. The molecule has 8 rings (SSSR count). The third-order valence-electron chi connectivity index (χ3n) is 9.45. The molecule has 1 N–H and O–H groups in total. The number of carbonyl (C=O) groups is 1. The summed E-state index contributed by atoms with van der Waals surface area (Å²) in [5, 5.41) is 5.31. The first-order chi connectivity index (χ1) is 25.7. The highest BCUT2D eigenvalue weighted by Crippen LogP contribution is 2.36. The Morgan fingerprint density at radius 1 is 0.679 bits per heavy atom. The van der Waals surface area contributed by atoms with E-state index in [2.05, 4.69) is 53.1 Å². The van der Waals surface area contributed by atoms with Crippen LogP contribution < -0.4 is 15.1 Å². The van der Waals surface area contributed by atoms with Gasteiger partial charge in [-0.25, -0.2) is 9.97 Å². The number of nitrogens with zero attached hydrogens (tertiary/aromatic N) is 6. The maximum absolute atomic E-state index is 11.5. The Labute approximate surface area is 328 Å². The number of pyridine rings is 2. The Kier molecular flexibility index (Phi) is 11.6. The summed E-state index contributed by atoms with van der Waals surface area (Å²) in [6, 6.07) is 15.2. The zero-order chi connectivity index (χ0) is 37.1. The molecule has 2 aliphatic rings. The molecule has 2 fully saturated rings. The summed E-state index contributed by atoms with van der Waals surface area (Å²) >= 11 is 25.1. The van der Waals surface area contributed by atoms with E-state index in [9.17, 15) is 4.79 Å². The lowest BCUT2D eigenvalue weighted by atomic mass is 10.0. The second-order valence-electron chi connectivity index (χ2n) is 12.8. The molecule has 1 amide bonds. The highest BCUT2D eigenvalue weighted by molar-refractivity contribution is 6.37. The molecule has 0 saturated carbocycles. The van der Waals surface area contributed by atoms with Gasteiger partial charge in [-0.1, -0.05) is 65.5 Å². The zero-order valence-electron chi connectivity index (χ0n) is 29.4. The van der Waals surface area contributed by atoms with Gasteiger partial charge in [0.05, 0.1) is 38.8 Å². The van der Waals surface area contributed by atoms with Crippen molar-refractivity contribution in [1.29, 1.82) is 0 Å². The van der Waals surface area contributed by atoms with Gasteiger partial charge in [0.15, 0.2) is 0 Å². The van der Waals surface area contributed by atoms with Gasteiger partial charge in [-0.05, 0) is 53.9 Å². The molecule has 4 aromatic heterocycles. The summed E-state index contributed by atoms with van der Waals surface area (Å²) in [5.74, 6) is 2.01. The van der Waals surface area contributed by atoms with Gasteiger partial charge < -0.3 is 24.6 Å². The topological polar surface area (TPSA) is 88.6 Å². The van der Waals surface area contributed by atoms with Crippen LogP contribution in [0.4, 0.5) is 11.6 Å². The van der Waals surface area contributed by atoms with Crippen LogP contribution in [-0.2, 0) is 27.2 Å². The van der Waals surface area contributed by atoms with Crippen LogP contribution in [0.1, 0.15) is 25.0 Å². The monoisotopic (exact) mass is 793 g/mol. The average molecular weight is 796 g/mol. The molecule has 14 heteroatoms. The molecule has 2 aliphatic heterocycles. The van der Waals surface area contributed by atoms with E-state index in [1.54, 1.807) is 12.1 Å². The number of ether oxygens (including phenoxy) is 2. The van der Waals surface area contributed by atoms with Crippen LogP contribution in [0.25, 0.3) is 33.5 Å². The number of anilines is 2. The van der Waals surface area contributed by atoms with E-state index >= 15 is 0 Å². The first-order valence-electron chi connectivity index (χ1n) is 17.5. The van der Waals surface area contributed by atoms with Gasteiger partial charge in [0.1, 0.15) is 22.9 Å². The predicted molar refractivity (Wildman–Crippen MR) is 214 cm³/mol. The maximum atomic E-state index is 11.5. The molecule has 0 bridgehead atoms. The van der Waals surface area contributed by atoms with Crippen LogP contribution in [0.5, 0.6) is 0 Å². The van der Waals surface area contributed by atoms with Crippen molar-refractivity contribution in [3.63, 3.8) is 0 Å². The number of fused-ring (bicyclic) bond motifs is 2. The second kappa shape index (κ2) is 16.5. The third kappa shape index (κ3) is 8.23. The number of hydrogen-bond acceptors (Lipinski definition) is 7. The van der Waals surface area contributed by atoms with Gasteiger partial charge in [-0.2, -0.15) is 0 Å². The molecule has 0 spiro atoms. The number of rotatable bonds is 7. The van der Waals surface area contributed by atoms with Crippen molar-refractivity contribution < 1.29 is 14.3 Å². The van der Waals surface area contributed by atoms with Crippen LogP contribution in [0.2, 0.25) is 20.1 Å². The minimum Gasteiger partial charge on any atom is -0.378 e. The molecule has 2 aromatic carbocycles. The van der Waals surface area contributed by atoms with Crippen LogP contribution in [0, 0.1) is 0 Å². The highest BCUT2D eigenvalue weighted by Gasteiger charge is 2.20. The summed E-state index contributed by atoms with van der Waals surface area (Å²) in [4.78, 5) is 25.2. The van der Waals surface area contributed by atoms with Crippen LogP contribution in [0.3, 0.4) is 0 Å². The quantitative estimate of drug-likeness (QED) is 0.174. The van der Waals surface area contributed by atoms with Gasteiger partial charge >= 0.3 is 0 Å². The Morgan fingerprint density at radius 2 is 1.13 bits per heavy atom. The van der Waals surface area contributed by atoms with E-state index in [0.717, 1.165) is 96.6 Å². The molecule has 2 saturated heterocycles. The van der Waals surface area contributed by atoms with Crippen molar-refractivity contribution in [3.8, 4) is 22.3 Å². The average Bonchev–Trinajstić information content (AvgIpc) is 3.78.